The van der Waals surface area contributed by atoms with Crippen molar-refractivity contribution >= 4 is 0 Å². The number of benzene rings is 1. The average molecular weight is 234 g/mol. The molecular weight excluding hydrogens is 212 g/mol. The lowest BCUT2D eigenvalue weighted by atomic mass is 9.83. The van der Waals surface area contributed by atoms with Crippen molar-refractivity contribution in [3.05, 3.63) is 35.9 Å². The summed E-state index contributed by atoms with van der Waals surface area (Å²) >= 11 is 0. The highest BCUT2D eigenvalue weighted by Crippen LogP contribution is 2.30. The van der Waals surface area contributed by atoms with Gasteiger partial charge in [-0.2, -0.15) is 0 Å². The standard InChI is InChI=1S/C15H22O2/c16-14(12-7-3-1-4-8-12)11-15(17)13-9-5-2-6-10-13/h1,3-4,7-8,13-17H,2,5-6,9-11H2/t14-,15-/m0/s1. The van der Waals surface area contributed by atoms with Crippen LogP contribution in [0, 0.1) is 5.92 Å². The van der Waals surface area contributed by atoms with Crippen molar-refractivity contribution in [1.82, 2.24) is 0 Å². The summed E-state index contributed by atoms with van der Waals surface area (Å²) in [7, 11) is 0. The van der Waals surface area contributed by atoms with Gasteiger partial charge in [-0.15, -0.1) is 0 Å². The summed E-state index contributed by atoms with van der Waals surface area (Å²) in [5, 5.41) is 20.2. The molecule has 0 aromatic heterocycles. The third-order valence-corrected chi connectivity index (χ3v) is 3.84. The SMILES string of the molecule is O[C@@H](C[C@H](O)C1CCCCC1)c1ccccc1. The Morgan fingerprint density at radius 1 is 1.00 bits per heavy atom. The van der Waals surface area contributed by atoms with Crippen molar-refractivity contribution in [3.63, 3.8) is 0 Å². The van der Waals surface area contributed by atoms with Crippen LogP contribution in [0.25, 0.3) is 0 Å². The first kappa shape index (κ1) is 12.6. The van der Waals surface area contributed by atoms with E-state index in [1.54, 1.807) is 0 Å². The topological polar surface area (TPSA) is 40.5 Å². The van der Waals surface area contributed by atoms with Crippen LogP contribution >= 0.6 is 0 Å². The first-order valence-electron chi connectivity index (χ1n) is 6.68. The van der Waals surface area contributed by atoms with Crippen LogP contribution in [-0.2, 0) is 0 Å². The van der Waals surface area contributed by atoms with E-state index in [0.29, 0.717) is 12.3 Å². The van der Waals surface area contributed by atoms with Crippen LogP contribution in [0.5, 0.6) is 0 Å². The van der Waals surface area contributed by atoms with E-state index in [-0.39, 0.29) is 6.10 Å². The van der Waals surface area contributed by atoms with E-state index in [0.717, 1.165) is 18.4 Å². The van der Waals surface area contributed by atoms with Crippen molar-refractivity contribution in [3.8, 4) is 0 Å². The highest BCUT2D eigenvalue weighted by molar-refractivity contribution is 5.17. The molecule has 0 heterocycles. The average Bonchev–Trinajstić information content (AvgIpc) is 2.40. The first-order valence-corrected chi connectivity index (χ1v) is 6.68. The van der Waals surface area contributed by atoms with Gasteiger partial charge in [0.1, 0.15) is 0 Å². The van der Waals surface area contributed by atoms with Crippen molar-refractivity contribution in [1.29, 1.82) is 0 Å². The normalized spacial score (nSPS) is 21.1. The summed E-state index contributed by atoms with van der Waals surface area (Å²) in [6.45, 7) is 0. The third kappa shape index (κ3) is 3.55. The summed E-state index contributed by atoms with van der Waals surface area (Å²) in [6.07, 6.45) is 5.55. The van der Waals surface area contributed by atoms with Crippen LogP contribution < -0.4 is 0 Å². The smallest absolute Gasteiger partial charge is 0.0814 e. The van der Waals surface area contributed by atoms with Gasteiger partial charge in [-0.25, -0.2) is 0 Å². The van der Waals surface area contributed by atoms with E-state index in [9.17, 15) is 10.2 Å². The third-order valence-electron chi connectivity index (χ3n) is 3.84. The van der Waals surface area contributed by atoms with Crippen LogP contribution in [-0.4, -0.2) is 16.3 Å². The lowest BCUT2D eigenvalue weighted by molar-refractivity contribution is 0.0304. The van der Waals surface area contributed by atoms with Gasteiger partial charge in [-0.1, -0.05) is 49.6 Å². The molecule has 2 atom stereocenters. The molecule has 0 radical (unpaired) electrons. The summed E-state index contributed by atoms with van der Waals surface area (Å²) in [4.78, 5) is 0. The largest absolute Gasteiger partial charge is 0.393 e. The van der Waals surface area contributed by atoms with Gasteiger partial charge in [-0.3, -0.25) is 0 Å². The fraction of sp³-hybridized carbons (Fsp3) is 0.600. The fourth-order valence-electron chi connectivity index (χ4n) is 2.75. The molecule has 2 rings (SSSR count). The molecule has 1 aliphatic carbocycles. The Kier molecular flexibility index (Phi) is 4.57. The molecule has 1 aromatic rings. The quantitative estimate of drug-likeness (QED) is 0.840. The molecule has 1 fully saturated rings. The Morgan fingerprint density at radius 2 is 1.65 bits per heavy atom. The van der Waals surface area contributed by atoms with Gasteiger partial charge < -0.3 is 10.2 Å². The zero-order valence-corrected chi connectivity index (χ0v) is 10.3. The number of hydrogen-bond donors (Lipinski definition) is 2. The molecule has 0 saturated heterocycles. The zero-order chi connectivity index (χ0) is 12.1. The predicted octanol–water partition coefficient (Wildman–Crippen LogP) is 3.05. The van der Waals surface area contributed by atoms with E-state index >= 15 is 0 Å². The Bertz CT molecular complexity index is 317. The molecule has 2 nitrogen and oxygen atoms in total. The van der Waals surface area contributed by atoms with Crippen molar-refractivity contribution in [2.75, 3.05) is 0 Å². The summed E-state index contributed by atoms with van der Waals surface area (Å²) in [5.41, 5.74) is 0.905. The minimum Gasteiger partial charge on any atom is -0.393 e. The lowest BCUT2D eigenvalue weighted by Gasteiger charge is -2.28. The minimum atomic E-state index is -0.534. The molecule has 0 bridgehead atoms. The molecular formula is C15H22O2. The second-order valence-corrected chi connectivity index (χ2v) is 5.13. The van der Waals surface area contributed by atoms with Gasteiger partial charge in [0.15, 0.2) is 0 Å². The zero-order valence-electron chi connectivity index (χ0n) is 10.3. The van der Waals surface area contributed by atoms with Crippen molar-refractivity contribution < 1.29 is 10.2 Å². The van der Waals surface area contributed by atoms with E-state index in [1.807, 2.05) is 30.3 Å². The van der Waals surface area contributed by atoms with E-state index in [1.165, 1.54) is 19.3 Å². The maximum Gasteiger partial charge on any atom is 0.0814 e. The van der Waals surface area contributed by atoms with Gasteiger partial charge >= 0.3 is 0 Å². The maximum atomic E-state index is 10.1. The molecule has 1 aromatic carbocycles. The Morgan fingerprint density at radius 3 is 2.29 bits per heavy atom. The summed E-state index contributed by atoms with van der Waals surface area (Å²) in [6, 6.07) is 9.61. The van der Waals surface area contributed by atoms with Gasteiger partial charge in [0.05, 0.1) is 12.2 Å². The Hall–Kier alpha value is -0.860. The van der Waals surface area contributed by atoms with Gasteiger partial charge in [-0.05, 0) is 24.3 Å². The van der Waals surface area contributed by atoms with Gasteiger partial charge in [0.25, 0.3) is 0 Å². The second kappa shape index (κ2) is 6.18. The molecule has 17 heavy (non-hydrogen) atoms. The van der Waals surface area contributed by atoms with Crippen LogP contribution in [0.1, 0.15) is 50.2 Å². The van der Waals surface area contributed by atoms with Crippen LogP contribution in [0.2, 0.25) is 0 Å². The summed E-state index contributed by atoms with van der Waals surface area (Å²) in [5.74, 6) is 0.391. The monoisotopic (exact) mass is 234 g/mol. The van der Waals surface area contributed by atoms with Crippen LogP contribution in [0.15, 0.2) is 30.3 Å². The maximum absolute atomic E-state index is 10.1. The molecule has 0 amide bonds. The highest BCUT2D eigenvalue weighted by Gasteiger charge is 2.24. The number of hydrogen-bond acceptors (Lipinski definition) is 2. The predicted molar refractivity (Wildman–Crippen MR) is 68.6 cm³/mol. The molecule has 94 valence electrons. The number of aliphatic hydroxyl groups is 2. The highest BCUT2D eigenvalue weighted by atomic mass is 16.3. The van der Waals surface area contributed by atoms with Crippen LogP contribution in [0.3, 0.4) is 0 Å². The summed E-state index contributed by atoms with van der Waals surface area (Å²) < 4.78 is 0. The molecule has 2 heteroatoms. The molecule has 2 N–H and O–H groups in total. The molecule has 0 spiro atoms. The number of aliphatic hydroxyl groups excluding tert-OH is 2. The molecule has 0 unspecified atom stereocenters. The van der Waals surface area contributed by atoms with Gasteiger partial charge in [0, 0.05) is 6.42 Å². The Balaban J connectivity index is 1.87. The van der Waals surface area contributed by atoms with Crippen molar-refractivity contribution in [2.24, 2.45) is 5.92 Å². The van der Waals surface area contributed by atoms with Gasteiger partial charge in [0.2, 0.25) is 0 Å². The van der Waals surface area contributed by atoms with E-state index in [2.05, 4.69) is 0 Å². The van der Waals surface area contributed by atoms with Crippen LogP contribution in [0.4, 0.5) is 0 Å². The molecule has 0 aliphatic heterocycles. The van der Waals surface area contributed by atoms with Crippen molar-refractivity contribution in [2.45, 2.75) is 50.7 Å². The van der Waals surface area contributed by atoms with E-state index in [4.69, 9.17) is 0 Å². The van der Waals surface area contributed by atoms with E-state index < -0.39 is 6.10 Å². The minimum absolute atomic E-state index is 0.356. The second-order valence-electron chi connectivity index (χ2n) is 5.13. The lowest BCUT2D eigenvalue weighted by Crippen LogP contribution is -2.25. The molecule has 1 saturated carbocycles. The molecule has 1 aliphatic rings. The Labute approximate surface area is 103 Å². The fourth-order valence-corrected chi connectivity index (χ4v) is 2.75. The first-order chi connectivity index (χ1) is 8.27. The number of rotatable bonds is 4.